The molecule has 96 valence electrons. The molecule has 3 nitrogen and oxygen atoms in total. The van der Waals surface area contributed by atoms with Crippen molar-refractivity contribution in [2.24, 2.45) is 0 Å². The van der Waals surface area contributed by atoms with Gasteiger partial charge in [-0.25, -0.2) is 9.07 Å². The number of hydrogen-bond donors (Lipinski definition) is 0. The number of nitrogens with zero attached hydrogens (tertiary/aromatic N) is 3. The second kappa shape index (κ2) is 4.85. The van der Waals surface area contributed by atoms with E-state index in [0.29, 0.717) is 11.3 Å². The third-order valence-corrected chi connectivity index (χ3v) is 3.63. The Morgan fingerprint density at radius 2 is 1.95 bits per heavy atom. The van der Waals surface area contributed by atoms with E-state index in [-0.39, 0.29) is 0 Å². The highest BCUT2D eigenvalue weighted by molar-refractivity contribution is 5.42. The minimum Gasteiger partial charge on any atom is -0.244 e. The Morgan fingerprint density at radius 1 is 1.21 bits per heavy atom. The molecule has 0 spiro atoms. The van der Waals surface area contributed by atoms with Gasteiger partial charge in [-0.2, -0.15) is 10.4 Å². The molecule has 2 aromatic rings. The van der Waals surface area contributed by atoms with Gasteiger partial charge in [-0.3, -0.25) is 0 Å². The van der Waals surface area contributed by atoms with Gasteiger partial charge in [-0.05, 0) is 55.5 Å². The average Bonchev–Trinajstić information content (AvgIpc) is 2.86. The Hall–Kier alpha value is -2.15. The van der Waals surface area contributed by atoms with Crippen LogP contribution >= 0.6 is 0 Å². The number of nitriles is 1. The van der Waals surface area contributed by atoms with Crippen LogP contribution in [0.3, 0.4) is 0 Å². The van der Waals surface area contributed by atoms with Crippen molar-refractivity contribution >= 4 is 0 Å². The van der Waals surface area contributed by atoms with Crippen LogP contribution in [0.2, 0.25) is 0 Å². The fourth-order valence-corrected chi connectivity index (χ4v) is 2.67. The number of benzene rings is 1. The molecular weight excluding hydrogens is 241 g/mol. The maximum absolute atomic E-state index is 13.0. The van der Waals surface area contributed by atoms with Crippen molar-refractivity contribution in [2.75, 3.05) is 0 Å². The Kier molecular flexibility index (Phi) is 3.04. The van der Waals surface area contributed by atoms with E-state index < -0.39 is 6.67 Å². The number of fused-ring (bicyclic) bond motifs is 1. The zero-order chi connectivity index (χ0) is 13.2. The Morgan fingerprint density at radius 3 is 2.63 bits per heavy atom. The topological polar surface area (TPSA) is 41.6 Å². The Labute approximate surface area is 111 Å². The minimum absolute atomic E-state index is 0.508. The summed E-state index contributed by atoms with van der Waals surface area (Å²) in [4.78, 5) is 0. The quantitative estimate of drug-likeness (QED) is 0.827. The number of rotatable bonds is 2. The fraction of sp³-hybridized carbons (Fsp3) is 0.333. The van der Waals surface area contributed by atoms with E-state index in [1.54, 1.807) is 12.1 Å². The average molecular weight is 255 g/mol. The molecule has 0 fully saturated rings. The first-order chi connectivity index (χ1) is 9.33. The predicted octanol–water partition coefficient (Wildman–Crippen LogP) is 3.09. The van der Waals surface area contributed by atoms with Gasteiger partial charge < -0.3 is 0 Å². The van der Waals surface area contributed by atoms with Crippen molar-refractivity contribution in [1.29, 1.82) is 5.26 Å². The lowest BCUT2D eigenvalue weighted by Gasteiger charge is -2.14. The molecule has 0 saturated heterocycles. The summed E-state index contributed by atoms with van der Waals surface area (Å²) in [5.41, 5.74) is 4.30. The standard InChI is InChI=1S/C15H14FN3/c16-9-14-13-3-1-2-4-15(13)19(18-14)12-7-5-11(10-17)6-8-12/h5-8H,1-4,9H2. The lowest BCUT2D eigenvalue weighted by molar-refractivity contribution is 0.470. The molecule has 0 bridgehead atoms. The van der Waals surface area contributed by atoms with E-state index in [0.717, 1.165) is 42.6 Å². The van der Waals surface area contributed by atoms with E-state index in [9.17, 15) is 4.39 Å². The maximum atomic E-state index is 13.0. The van der Waals surface area contributed by atoms with Gasteiger partial charge in [0.15, 0.2) is 0 Å². The second-order valence-electron chi connectivity index (χ2n) is 4.78. The molecule has 19 heavy (non-hydrogen) atoms. The molecule has 0 saturated carbocycles. The van der Waals surface area contributed by atoms with Crippen LogP contribution in [0.25, 0.3) is 5.69 Å². The van der Waals surface area contributed by atoms with Crippen LogP contribution in [0.4, 0.5) is 4.39 Å². The van der Waals surface area contributed by atoms with Crippen molar-refractivity contribution < 1.29 is 4.39 Å². The van der Waals surface area contributed by atoms with Crippen LogP contribution < -0.4 is 0 Å². The van der Waals surface area contributed by atoms with Gasteiger partial charge in [-0.15, -0.1) is 0 Å². The predicted molar refractivity (Wildman–Crippen MR) is 69.7 cm³/mol. The molecule has 0 aliphatic heterocycles. The van der Waals surface area contributed by atoms with E-state index in [4.69, 9.17) is 5.26 Å². The van der Waals surface area contributed by atoms with Crippen LogP contribution in [-0.4, -0.2) is 9.78 Å². The SMILES string of the molecule is N#Cc1ccc(-n2nc(CF)c3c2CCCC3)cc1. The van der Waals surface area contributed by atoms with Crippen LogP contribution in [0.15, 0.2) is 24.3 Å². The summed E-state index contributed by atoms with van der Waals surface area (Å²) in [5, 5.41) is 13.2. The number of alkyl halides is 1. The van der Waals surface area contributed by atoms with Gasteiger partial charge in [0.25, 0.3) is 0 Å². The molecule has 0 N–H and O–H groups in total. The van der Waals surface area contributed by atoms with Crippen molar-refractivity contribution in [3.8, 4) is 11.8 Å². The van der Waals surface area contributed by atoms with Gasteiger partial charge in [0.05, 0.1) is 23.0 Å². The van der Waals surface area contributed by atoms with Gasteiger partial charge in [0.2, 0.25) is 0 Å². The fourth-order valence-electron chi connectivity index (χ4n) is 2.67. The first-order valence-corrected chi connectivity index (χ1v) is 6.49. The summed E-state index contributed by atoms with van der Waals surface area (Å²) in [7, 11) is 0. The molecule has 3 rings (SSSR count). The monoisotopic (exact) mass is 255 g/mol. The minimum atomic E-state index is -0.508. The van der Waals surface area contributed by atoms with Crippen molar-refractivity contribution in [3.63, 3.8) is 0 Å². The van der Waals surface area contributed by atoms with Gasteiger partial charge in [-0.1, -0.05) is 0 Å². The summed E-state index contributed by atoms with van der Waals surface area (Å²) < 4.78 is 14.9. The molecule has 1 aromatic heterocycles. The van der Waals surface area contributed by atoms with E-state index >= 15 is 0 Å². The molecule has 0 atom stereocenters. The highest BCUT2D eigenvalue weighted by Gasteiger charge is 2.21. The summed E-state index contributed by atoms with van der Waals surface area (Å²) in [6.07, 6.45) is 4.10. The smallest absolute Gasteiger partial charge is 0.134 e. The highest BCUT2D eigenvalue weighted by Crippen LogP contribution is 2.27. The summed E-state index contributed by atoms with van der Waals surface area (Å²) >= 11 is 0. The number of halogens is 1. The van der Waals surface area contributed by atoms with E-state index in [1.807, 2.05) is 16.8 Å². The molecule has 1 aliphatic carbocycles. The third-order valence-electron chi connectivity index (χ3n) is 3.63. The zero-order valence-corrected chi connectivity index (χ0v) is 10.6. The molecule has 0 radical (unpaired) electrons. The lowest BCUT2D eigenvalue weighted by atomic mass is 9.96. The van der Waals surface area contributed by atoms with E-state index in [2.05, 4.69) is 11.2 Å². The molecule has 0 amide bonds. The largest absolute Gasteiger partial charge is 0.244 e. The number of aromatic nitrogens is 2. The second-order valence-corrected chi connectivity index (χ2v) is 4.78. The molecular formula is C15H14FN3. The molecule has 0 unspecified atom stereocenters. The molecule has 1 aliphatic rings. The van der Waals surface area contributed by atoms with Crippen molar-refractivity contribution in [1.82, 2.24) is 9.78 Å². The molecule has 4 heteroatoms. The Balaban J connectivity index is 2.09. The number of hydrogen-bond acceptors (Lipinski definition) is 2. The summed E-state index contributed by atoms with van der Waals surface area (Å²) in [6, 6.07) is 9.35. The zero-order valence-electron chi connectivity index (χ0n) is 10.6. The van der Waals surface area contributed by atoms with Crippen LogP contribution in [-0.2, 0) is 19.5 Å². The molecule has 1 heterocycles. The summed E-state index contributed by atoms with van der Waals surface area (Å²) in [6.45, 7) is -0.508. The third kappa shape index (κ3) is 2.01. The van der Waals surface area contributed by atoms with Crippen molar-refractivity contribution in [3.05, 3.63) is 46.8 Å². The lowest BCUT2D eigenvalue weighted by Crippen LogP contribution is -2.07. The molecule has 1 aromatic carbocycles. The van der Waals surface area contributed by atoms with Crippen LogP contribution in [0.5, 0.6) is 0 Å². The van der Waals surface area contributed by atoms with Gasteiger partial charge >= 0.3 is 0 Å². The maximum Gasteiger partial charge on any atom is 0.134 e. The normalized spacial score (nSPS) is 13.9. The van der Waals surface area contributed by atoms with Gasteiger partial charge in [0, 0.05) is 5.69 Å². The Bertz CT molecular complexity index is 635. The first-order valence-electron chi connectivity index (χ1n) is 6.49. The van der Waals surface area contributed by atoms with Crippen molar-refractivity contribution in [2.45, 2.75) is 32.4 Å². The highest BCUT2D eigenvalue weighted by atomic mass is 19.1. The van der Waals surface area contributed by atoms with Gasteiger partial charge in [0.1, 0.15) is 6.67 Å². The van der Waals surface area contributed by atoms with E-state index in [1.165, 1.54) is 0 Å². The summed E-state index contributed by atoms with van der Waals surface area (Å²) in [5.74, 6) is 0. The first kappa shape index (κ1) is 11.9. The van der Waals surface area contributed by atoms with Crippen LogP contribution in [0, 0.1) is 11.3 Å². The van der Waals surface area contributed by atoms with Crippen LogP contribution in [0.1, 0.15) is 35.4 Å².